The van der Waals surface area contributed by atoms with Crippen molar-refractivity contribution in [2.24, 2.45) is 0 Å². The largest absolute Gasteiger partial charge is 0.378 e. The van der Waals surface area contributed by atoms with E-state index in [9.17, 15) is 9.59 Å². The van der Waals surface area contributed by atoms with Crippen LogP contribution >= 0.6 is 11.3 Å². The number of fused-ring (bicyclic) bond motifs is 1. The molecule has 0 unspecified atom stereocenters. The second kappa shape index (κ2) is 7.76. The van der Waals surface area contributed by atoms with Crippen molar-refractivity contribution in [2.75, 3.05) is 7.11 Å². The molecule has 0 aliphatic heterocycles. The molecule has 8 heteroatoms. The van der Waals surface area contributed by atoms with Crippen LogP contribution in [0.4, 0.5) is 0 Å². The van der Waals surface area contributed by atoms with Crippen LogP contribution < -0.4 is 10.9 Å². The van der Waals surface area contributed by atoms with Crippen LogP contribution in [0, 0.1) is 6.92 Å². The molecule has 2 aromatic heterocycles. The predicted molar refractivity (Wildman–Crippen MR) is 100 cm³/mol. The first-order valence-corrected chi connectivity index (χ1v) is 9.02. The van der Waals surface area contributed by atoms with E-state index < -0.39 is 5.92 Å². The fraction of sp³-hybridized carbons (Fsp3) is 0.333. The molecule has 1 atom stereocenters. The lowest BCUT2D eigenvalue weighted by atomic mass is 10.0. The summed E-state index contributed by atoms with van der Waals surface area (Å²) in [4.78, 5) is 29.9. The van der Waals surface area contributed by atoms with E-state index in [1.54, 1.807) is 32.2 Å². The van der Waals surface area contributed by atoms with Gasteiger partial charge >= 0.3 is 0 Å². The number of nitrogens with zero attached hydrogens (tertiary/aromatic N) is 2. The van der Waals surface area contributed by atoms with E-state index in [-0.39, 0.29) is 11.5 Å². The van der Waals surface area contributed by atoms with Crippen LogP contribution in [0.25, 0.3) is 10.8 Å². The summed E-state index contributed by atoms with van der Waals surface area (Å²) in [5, 5.41) is 11.6. The Hall–Kier alpha value is -2.58. The van der Waals surface area contributed by atoms with Crippen LogP contribution in [0.3, 0.4) is 0 Å². The quantitative estimate of drug-likeness (QED) is 0.692. The Morgan fingerprint density at radius 3 is 2.81 bits per heavy atom. The highest BCUT2D eigenvalue weighted by molar-refractivity contribution is 7.11. The van der Waals surface area contributed by atoms with Crippen molar-refractivity contribution >= 4 is 28.0 Å². The fourth-order valence-electron chi connectivity index (χ4n) is 2.75. The Kier molecular flexibility index (Phi) is 5.43. The molecule has 0 aliphatic rings. The molecule has 2 N–H and O–H groups in total. The normalized spacial score (nSPS) is 12.3. The summed E-state index contributed by atoms with van der Waals surface area (Å²) >= 11 is 1.52. The number of carbonyl (C=O) groups excluding carboxylic acids is 1. The molecule has 1 aromatic carbocycles. The van der Waals surface area contributed by atoms with Gasteiger partial charge in [0, 0.05) is 17.4 Å². The summed E-state index contributed by atoms with van der Waals surface area (Å²) in [7, 11) is 1.63. The van der Waals surface area contributed by atoms with E-state index in [1.165, 1.54) is 11.3 Å². The van der Waals surface area contributed by atoms with Crippen LogP contribution in [0.1, 0.15) is 34.1 Å². The maximum Gasteiger partial charge on any atom is 0.272 e. The fourth-order valence-corrected chi connectivity index (χ4v) is 3.73. The number of methoxy groups -OCH3 is 1. The Balaban J connectivity index is 1.77. The van der Waals surface area contributed by atoms with Crippen LogP contribution in [0.2, 0.25) is 0 Å². The van der Waals surface area contributed by atoms with Crippen LogP contribution in [-0.2, 0) is 22.7 Å². The summed E-state index contributed by atoms with van der Waals surface area (Å²) < 4.78 is 5.09. The number of H-pyrrole nitrogens is 1. The second-order valence-electron chi connectivity index (χ2n) is 5.97. The summed E-state index contributed by atoms with van der Waals surface area (Å²) in [6.45, 7) is 4.55. The average molecular weight is 372 g/mol. The number of benzene rings is 1. The Bertz CT molecular complexity index is 996. The molecule has 3 aromatic rings. The van der Waals surface area contributed by atoms with E-state index in [2.05, 4.69) is 20.5 Å². The molecule has 3 rings (SSSR count). The number of nitrogens with one attached hydrogen (secondary N) is 2. The van der Waals surface area contributed by atoms with Crippen molar-refractivity contribution in [1.82, 2.24) is 20.5 Å². The number of amides is 1. The van der Waals surface area contributed by atoms with Gasteiger partial charge < -0.3 is 10.1 Å². The van der Waals surface area contributed by atoms with Gasteiger partial charge in [-0.1, -0.05) is 18.2 Å². The number of hydrogen-bond donors (Lipinski definition) is 2. The van der Waals surface area contributed by atoms with Gasteiger partial charge in [-0.2, -0.15) is 5.10 Å². The zero-order chi connectivity index (χ0) is 18.7. The minimum Gasteiger partial charge on any atom is -0.378 e. The smallest absolute Gasteiger partial charge is 0.272 e. The molecule has 26 heavy (non-hydrogen) atoms. The molecule has 0 saturated heterocycles. The first-order valence-electron chi connectivity index (χ1n) is 8.20. The van der Waals surface area contributed by atoms with Gasteiger partial charge in [0.2, 0.25) is 5.91 Å². The summed E-state index contributed by atoms with van der Waals surface area (Å²) in [6.07, 6.45) is 0. The van der Waals surface area contributed by atoms with Gasteiger partial charge in [0.05, 0.1) is 35.8 Å². The lowest BCUT2D eigenvalue weighted by Gasteiger charge is -2.13. The molecule has 0 saturated carbocycles. The maximum absolute atomic E-state index is 12.6. The van der Waals surface area contributed by atoms with Crippen molar-refractivity contribution < 1.29 is 9.53 Å². The zero-order valence-corrected chi connectivity index (χ0v) is 15.6. The van der Waals surface area contributed by atoms with Crippen LogP contribution in [-0.4, -0.2) is 28.2 Å². The Morgan fingerprint density at radius 2 is 2.08 bits per heavy atom. The molecule has 0 aliphatic carbocycles. The molecule has 2 heterocycles. The van der Waals surface area contributed by atoms with Gasteiger partial charge in [-0.05, 0) is 19.9 Å². The van der Waals surface area contributed by atoms with E-state index in [0.717, 1.165) is 15.6 Å². The first kappa shape index (κ1) is 18.2. The molecule has 1 amide bonds. The molecule has 136 valence electrons. The minimum absolute atomic E-state index is 0.157. The highest BCUT2D eigenvalue weighted by Gasteiger charge is 2.20. The lowest BCUT2D eigenvalue weighted by Crippen LogP contribution is -2.29. The number of carbonyl (C=O) groups is 1. The van der Waals surface area contributed by atoms with Crippen LogP contribution in [0.15, 0.2) is 29.1 Å². The van der Waals surface area contributed by atoms with Gasteiger partial charge in [0.25, 0.3) is 5.56 Å². The number of aromatic nitrogens is 3. The molecule has 0 radical (unpaired) electrons. The van der Waals surface area contributed by atoms with E-state index in [4.69, 9.17) is 4.74 Å². The number of hydrogen-bond acceptors (Lipinski definition) is 6. The Labute approximate surface area is 154 Å². The minimum atomic E-state index is -0.497. The van der Waals surface area contributed by atoms with Crippen molar-refractivity contribution in [3.63, 3.8) is 0 Å². The van der Waals surface area contributed by atoms with Gasteiger partial charge in [0.15, 0.2) is 0 Å². The zero-order valence-electron chi connectivity index (χ0n) is 14.8. The Morgan fingerprint density at radius 1 is 1.35 bits per heavy atom. The van der Waals surface area contributed by atoms with Crippen molar-refractivity contribution in [3.8, 4) is 0 Å². The van der Waals surface area contributed by atoms with Gasteiger partial charge in [-0.15, -0.1) is 11.3 Å². The topological polar surface area (TPSA) is 97.0 Å². The third-order valence-corrected chi connectivity index (χ3v) is 5.29. The number of aryl methyl sites for hydroxylation is 1. The summed E-state index contributed by atoms with van der Waals surface area (Å²) in [5.41, 5.74) is 1.18. The van der Waals surface area contributed by atoms with E-state index >= 15 is 0 Å². The SMILES string of the molecule is COCc1nc(C)c(CNC(=O)[C@H](C)c2n[nH]c(=O)c3ccccc23)s1. The number of ether oxygens (including phenoxy) is 1. The lowest BCUT2D eigenvalue weighted by molar-refractivity contribution is -0.122. The first-order chi connectivity index (χ1) is 12.5. The average Bonchev–Trinajstić information content (AvgIpc) is 2.99. The highest BCUT2D eigenvalue weighted by atomic mass is 32.1. The van der Waals surface area contributed by atoms with Gasteiger partial charge in [0.1, 0.15) is 5.01 Å². The summed E-state index contributed by atoms with van der Waals surface area (Å²) in [6, 6.07) is 7.15. The number of aromatic amines is 1. The molecule has 0 bridgehead atoms. The summed E-state index contributed by atoms with van der Waals surface area (Å²) in [5.74, 6) is -0.654. The third kappa shape index (κ3) is 3.66. The number of thiazole rings is 1. The van der Waals surface area contributed by atoms with Crippen molar-refractivity contribution in [3.05, 3.63) is 55.9 Å². The molecule has 0 spiro atoms. The maximum atomic E-state index is 12.6. The van der Waals surface area contributed by atoms with Crippen LogP contribution in [0.5, 0.6) is 0 Å². The van der Waals surface area contributed by atoms with Crippen molar-refractivity contribution in [1.29, 1.82) is 0 Å². The second-order valence-corrected chi connectivity index (χ2v) is 7.14. The molecular weight excluding hydrogens is 352 g/mol. The van der Waals surface area contributed by atoms with E-state index in [0.29, 0.717) is 29.6 Å². The molecule has 0 fully saturated rings. The number of rotatable bonds is 6. The van der Waals surface area contributed by atoms with Gasteiger partial charge in [-0.25, -0.2) is 10.1 Å². The third-order valence-electron chi connectivity index (χ3n) is 4.16. The standard InChI is InChI=1S/C18H20N4O3S/c1-10(16-12-6-4-5-7-13(12)18(24)22-21-16)17(23)19-8-14-11(2)20-15(26-14)9-25-3/h4-7,10H,8-9H2,1-3H3,(H,19,23)(H,22,24)/t10-/m1/s1. The van der Waals surface area contributed by atoms with Gasteiger partial charge in [-0.3, -0.25) is 9.59 Å². The van der Waals surface area contributed by atoms with E-state index in [1.807, 2.05) is 13.0 Å². The molecular formula is C18H20N4O3S. The molecule has 7 nitrogen and oxygen atoms in total. The predicted octanol–water partition coefficient (Wildman–Crippen LogP) is 2.25. The monoisotopic (exact) mass is 372 g/mol. The van der Waals surface area contributed by atoms with Crippen molar-refractivity contribution in [2.45, 2.75) is 32.9 Å². The highest BCUT2D eigenvalue weighted by Crippen LogP contribution is 2.22.